The zero-order valence-electron chi connectivity index (χ0n) is 15.6. The lowest BCUT2D eigenvalue weighted by atomic mass is 9.89. The molecule has 0 bridgehead atoms. The van der Waals surface area contributed by atoms with Crippen molar-refractivity contribution in [1.82, 2.24) is 14.9 Å². The number of carboxylic acid groups (broad SMARTS) is 1. The molecule has 2 aromatic rings. The summed E-state index contributed by atoms with van der Waals surface area (Å²) >= 11 is 0. The fourth-order valence-electron chi connectivity index (χ4n) is 4.58. The van der Waals surface area contributed by atoms with Crippen LogP contribution in [-0.4, -0.2) is 39.0 Å². The Morgan fingerprint density at radius 2 is 1.74 bits per heavy atom. The minimum atomic E-state index is -0.713. The van der Waals surface area contributed by atoms with Gasteiger partial charge in [0.1, 0.15) is 5.82 Å². The normalized spacial score (nSPS) is 24.1. The van der Waals surface area contributed by atoms with Gasteiger partial charge in [0.25, 0.3) is 0 Å². The predicted molar refractivity (Wildman–Crippen MR) is 103 cm³/mol. The maximum atomic E-state index is 11.8. The molecule has 2 heterocycles. The van der Waals surface area contributed by atoms with Crippen LogP contribution in [0.2, 0.25) is 0 Å². The van der Waals surface area contributed by atoms with Gasteiger partial charge in [-0.05, 0) is 18.4 Å². The number of aromatic nitrogens is 2. The predicted octanol–water partition coefficient (Wildman–Crippen LogP) is 3.82. The van der Waals surface area contributed by atoms with Gasteiger partial charge in [-0.1, -0.05) is 49.6 Å². The lowest BCUT2D eigenvalue weighted by Crippen LogP contribution is -2.23. The van der Waals surface area contributed by atoms with Gasteiger partial charge in [0.05, 0.1) is 5.92 Å². The average molecular weight is 365 g/mol. The average Bonchev–Trinajstić information content (AvgIpc) is 3.14. The lowest BCUT2D eigenvalue weighted by Gasteiger charge is -2.20. The molecule has 1 aromatic carbocycles. The van der Waals surface area contributed by atoms with E-state index in [1.165, 1.54) is 32.1 Å². The summed E-state index contributed by atoms with van der Waals surface area (Å²) in [6.45, 7) is 2.03. The van der Waals surface area contributed by atoms with E-state index in [0.717, 1.165) is 23.5 Å². The molecule has 5 nitrogen and oxygen atoms in total. The quantitative estimate of drug-likeness (QED) is 0.872. The van der Waals surface area contributed by atoms with Gasteiger partial charge in [0.2, 0.25) is 0 Å². The Morgan fingerprint density at radius 1 is 1.04 bits per heavy atom. The van der Waals surface area contributed by atoms with Crippen molar-refractivity contribution in [2.75, 3.05) is 13.1 Å². The van der Waals surface area contributed by atoms with E-state index in [4.69, 9.17) is 0 Å². The molecular formula is C22H27N3O2. The summed E-state index contributed by atoms with van der Waals surface area (Å²) in [6, 6.07) is 10.00. The highest BCUT2D eigenvalue weighted by Crippen LogP contribution is 2.34. The monoisotopic (exact) mass is 365 g/mol. The van der Waals surface area contributed by atoms with E-state index < -0.39 is 5.97 Å². The zero-order chi connectivity index (χ0) is 18.6. The van der Waals surface area contributed by atoms with Crippen molar-refractivity contribution in [2.45, 2.75) is 50.5 Å². The van der Waals surface area contributed by atoms with Crippen molar-refractivity contribution in [1.29, 1.82) is 0 Å². The molecule has 0 unspecified atom stereocenters. The van der Waals surface area contributed by atoms with Crippen LogP contribution in [0.25, 0.3) is 0 Å². The van der Waals surface area contributed by atoms with Crippen LogP contribution in [0, 0.1) is 5.92 Å². The van der Waals surface area contributed by atoms with E-state index >= 15 is 0 Å². The van der Waals surface area contributed by atoms with Crippen LogP contribution in [-0.2, 0) is 11.3 Å². The second kappa shape index (κ2) is 8.17. The van der Waals surface area contributed by atoms with Gasteiger partial charge in [-0.15, -0.1) is 0 Å². The van der Waals surface area contributed by atoms with Crippen molar-refractivity contribution in [3.05, 3.63) is 59.7 Å². The summed E-state index contributed by atoms with van der Waals surface area (Å²) < 4.78 is 0. The standard InChI is InChI=1S/C22H27N3O2/c26-22(27)20-15-25(14-19(20)17-7-3-1-4-8-17)13-16-11-23-21(24-12-16)18-9-5-2-6-10-18/h1,3-4,7-8,11-12,18-20H,2,5-6,9-10,13-15H2,(H,26,27)/t19-,20+/m0/s1. The van der Waals surface area contributed by atoms with E-state index in [-0.39, 0.29) is 11.8 Å². The Hall–Kier alpha value is -2.27. The first-order valence-electron chi connectivity index (χ1n) is 10.0. The fourth-order valence-corrected chi connectivity index (χ4v) is 4.58. The Balaban J connectivity index is 1.42. The fraction of sp³-hybridized carbons (Fsp3) is 0.500. The number of carboxylic acids is 1. The summed E-state index contributed by atoms with van der Waals surface area (Å²) in [6.07, 6.45) is 10.2. The molecule has 1 N–H and O–H groups in total. The Kier molecular flexibility index (Phi) is 5.48. The summed E-state index contributed by atoms with van der Waals surface area (Å²) in [7, 11) is 0. The van der Waals surface area contributed by atoms with Crippen LogP contribution in [0.4, 0.5) is 0 Å². The third-order valence-corrected chi connectivity index (χ3v) is 6.04. The number of likely N-dealkylation sites (tertiary alicyclic amines) is 1. The molecular weight excluding hydrogens is 338 g/mol. The summed E-state index contributed by atoms with van der Waals surface area (Å²) in [5.41, 5.74) is 2.17. The molecule has 0 spiro atoms. The number of hydrogen-bond donors (Lipinski definition) is 1. The molecule has 2 fully saturated rings. The molecule has 4 rings (SSSR count). The lowest BCUT2D eigenvalue weighted by molar-refractivity contribution is -0.141. The third-order valence-electron chi connectivity index (χ3n) is 6.04. The maximum Gasteiger partial charge on any atom is 0.308 e. The molecule has 0 amide bonds. The molecule has 1 aliphatic heterocycles. The van der Waals surface area contributed by atoms with Crippen molar-refractivity contribution in [3.63, 3.8) is 0 Å². The largest absolute Gasteiger partial charge is 0.481 e. The van der Waals surface area contributed by atoms with Crippen molar-refractivity contribution < 1.29 is 9.90 Å². The summed E-state index contributed by atoms with van der Waals surface area (Å²) in [4.78, 5) is 23.2. The zero-order valence-corrected chi connectivity index (χ0v) is 15.6. The van der Waals surface area contributed by atoms with Crippen molar-refractivity contribution >= 4 is 5.97 Å². The molecule has 2 atom stereocenters. The number of nitrogens with zero attached hydrogens (tertiary/aromatic N) is 3. The van der Waals surface area contributed by atoms with E-state index in [0.29, 0.717) is 19.0 Å². The molecule has 0 radical (unpaired) electrons. The van der Waals surface area contributed by atoms with Crippen LogP contribution in [0.1, 0.15) is 60.9 Å². The first kappa shape index (κ1) is 18.1. The van der Waals surface area contributed by atoms with E-state index in [9.17, 15) is 9.90 Å². The van der Waals surface area contributed by atoms with Crippen molar-refractivity contribution in [3.8, 4) is 0 Å². The van der Waals surface area contributed by atoms with Gasteiger partial charge in [0.15, 0.2) is 0 Å². The highest BCUT2D eigenvalue weighted by Gasteiger charge is 2.38. The van der Waals surface area contributed by atoms with Crippen LogP contribution in [0.3, 0.4) is 0 Å². The van der Waals surface area contributed by atoms with Gasteiger partial charge in [-0.2, -0.15) is 0 Å². The van der Waals surface area contributed by atoms with Crippen LogP contribution < -0.4 is 0 Å². The minimum absolute atomic E-state index is 0.0335. The third kappa shape index (κ3) is 4.19. The van der Waals surface area contributed by atoms with E-state index in [1.54, 1.807) is 0 Å². The van der Waals surface area contributed by atoms with Gasteiger partial charge >= 0.3 is 5.97 Å². The molecule has 1 aliphatic carbocycles. The molecule has 1 saturated heterocycles. The number of carbonyl (C=O) groups is 1. The Labute approximate surface area is 160 Å². The highest BCUT2D eigenvalue weighted by molar-refractivity contribution is 5.72. The number of benzene rings is 1. The SMILES string of the molecule is O=C(O)[C@@H]1CN(Cc2cnc(C3CCCCC3)nc2)C[C@H]1c1ccccc1. The van der Waals surface area contributed by atoms with Gasteiger partial charge in [-0.3, -0.25) is 9.69 Å². The van der Waals surface area contributed by atoms with E-state index in [2.05, 4.69) is 14.9 Å². The molecule has 142 valence electrons. The molecule has 2 aliphatic rings. The topological polar surface area (TPSA) is 66.3 Å². The smallest absolute Gasteiger partial charge is 0.308 e. The molecule has 1 aromatic heterocycles. The number of rotatable bonds is 5. The Morgan fingerprint density at radius 3 is 2.41 bits per heavy atom. The van der Waals surface area contributed by atoms with E-state index in [1.807, 2.05) is 42.7 Å². The molecule has 1 saturated carbocycles. The van der Waals surface area contributed by atoms with Gasteiger partial charge in [0, 0.05) is 49.4 Å². The van der Waals surface area contributed by atoms with Crippen molar-refractivity contribution in [2.24, 2.45) is 5.92 Å². The second-order valence-electron chi connectivity index (χ2n) is 7.94. The number of hydrogen-bond acceptors (Lipinski definition) is 4. The number of aliphatic carboxylic acids is 1. The summed E-state index contributed by atoms with van der Waals surface area (Å²) in [5, 5.41) is 9.66. The summed E-state index contributed by atoms with van der Waals surface area (Å²) in [5.74, 6) is 0.445. The van der Waals surface area contributed by atoms with Crippen LogP contribution in [0.5, 0.6) is 0 Å². The van der Waals surface area contributed by atoms with Crippen LogP contribution in [0.15, 0.2) is 42.7 Å². The molecule has 5 heteroatoms. The second-order valence-corrected chi connectivity index (χ2v) is 7.94. The Bertz CT molecular complexity index is 757. The molecule has 27 heavy (non-hydrogen) atoms. The first-order valence-corrected chi connectivity index (χ1v) is 10.0. The maximum absolute atomic E-state index is 11.8. The minimum Gasteiger partial charge on any atom is -0.481 e. The van der Waals surface area contributed by atoms with Gasteiger partial charge in [-0.25, -0.2) is 9.97 Å². The first-order chi connectivity index (χ1) is 13.2. The highest BCUT2D eigenvalue weighted by atomic mass is 16.4. The van der Waals surface area contributed by atoms with Gasteiger partial charge < -0.3 is 5.11 Å². The van der Waals surface area contributed by atoms with Crippen LogP contribution >= 0.6 is 0 Å².